The van der Waals surface area contributed by atoms with Crippen LogP contribution in [-0.2, 0) is 19.0 Å². The van der Waals surface area contributed by atoms with E-state index in [1.807, 2.05) is 12.2 Å². The van der Waals surface area contributed by atoms with Crippen molar-refractivity contribution in [2.24, 2.45) is 11.8 Å². The zero-order chi connectivity index (χ0) is 37.5. The summed E-state index contributed by atoms with van der Waals surface area (Å²) in [7, 11) is 3.02. The van der Waals surface area contributed by atoms with Gasteiger partial charge in [-0.1, -0.05) is 36.4 Å². The third kappa shape index (κ3) is 12.2. The largest absolute Gasteiger partial charge is 0.497 e. The number of carbonyl (C=O) groups is 3. The minimum atomic E-state index is -3.37. The zero-order valence-electron chi connectivity index (χ0n) is 29.9. The fourth-order valence-corrected chi connectivity index (χ4v) is 5.84. The van der Waals surface area contributed by atoms with E-state index in [0.29, 0.717) is 36.5 Å². The molecule has 1 aliphatic rings. The first-order valence-corrected chi connectivity index (χ1v) is 17.3. The number of methoxy groups -OCH3 is 2. The van der Waals surface area contributed by atoms with Gasteiger partial charge in [0.2, 0.25) is 0 Å². The van der Waals surface area contributed by atoms with Gasteiger partial charge in [0.05, 0.1) is 31.5 Å². The van der Waals surface area contributed by atoms with E-state index in [4.69, 9.17) is 28.4 Å². The summed E-state index contributed by atoms with van der Waals surface area (Å²) < 4.78 is 63.4. The zero-order valence-corrected chi connectivity index (χ0v) is 29.9. The Morgan fingerprint density at radius 1 is 0.788 bits per heavy atom. The second kappa shape index (κ2) is 19.4. The lowest BCUT2D eigenvalue weighted by atomic mass is 9.89. The minimum Gasteiger partial charge on any atom is -0.497 e. The van der Waals surface area contributed by atoms with Crippen LogP contribution < -0.4 is 14.2 Å². The molecule has 52 heavy (non-hydrogen) atoms. The molecule has 11 heteroatoms. The van der Waals surface area contributed by atoms with Crippen molar-refractivity contribution in [2.75, 3.05) is 20.8 Å². The fraction of sp³-hybridized carbons (Fsp3) is 0.390. The van der Waals surface area contributed by atoms with Gasteiger partial charge in [0.15, 0.2) is 6.61 Å². The Morgan fingerprint density at radius 3 is 1.92 bits per heavy atom. The predicted octanol–water partition coefficient (Wildman–Crippen LogP) is 8.43. The molecule has 3 aromatic rings. The maximum Gasteiger partial charge on any atom is 0.338 e. The highest BCUT2D eigenvalue weighted by Crippen LogP contribution is 2.41. The van der Waals surface area contributed by atoms with Gasteiger partial charge >= 0.3 is 17.9 Å². The fourth-order valence-electron chi connectivity index (χ4n) is 5.84. The Hall–Kier alpha value is -5.19. The topological polar surface area (TPSA) is 107 Å². The maximum absolute atomic E-state index is 15.3. The van der Waals surface area contributed by atoms with Crippen molar-refractivity contribution < 1.29 is 51.6 Å². The third-order valence-corrected chi connectivity index (χ3v) is 8.46. The molecule has 278 valence electrons. The summed E-state index contributed by atoms with van der Waals surface area (Å²) in [6.07, 6.45) is 5.74. The summed E-state index contributed by atoms with van der Waals surface area (Å²) in [6.45, 7) is 2.67. The number of hydrogen-bond donors (Lipinski definition) is 0. The molecule has 9 nitrogen and oxygen atoms in total. The number of esters is 3. The summed E-state index contributed by atoms with van der Waals surface area (Å²) in [4.78, 5) is 38.7. The molecule has 3 aromatic carbocycles. The van der Waals surface area contributed by atoms with Crippen molar-refractivity contribution in [3.63, 3.8) is 0 Å². The second-order valence-electron chi connectivity index (χ2n) is 12.7. The lowest BCUT2D eigenvalue weighted by Gasteiger charge is -2.24. The second-order valence-corrected chi connectivity index (χ2v) is 12.7. The van der Waals surface area contributed by atoms with E-state index in [1.54, 1.807) is 92.7 Å². The number of benzene rings is 3. The van der Waals surface area contributed by atoms with Crippen LogP contribution in [-0.4, -0.2) is 63.0 Å². The Morgan fingerprint density at radius 2 is 1.37 bits per heavy atom. The van der Waals surface area contributed by atoms with E-state index < -0.39 is 48.5 Å². The molecule has 0 saturated heterocycles. The molecule has 0 amide bonds. The smallest absolute Gasteiger partial charge is 0.338 e. The van der Waals surface area contributed by atoms with Crippen molar-refractivity contribution in [1.29, 1.82) is 0 Å². The van der Waals surface area contributed by atoms with Crippen molar-refractivity contribution in [3.05, 3.63) is 114 Å². The van der Waals surface area contributed by atoms with Gasteiger partial charge < -0.3 is 28.4 Å². The van der Waals surface area contributed by atoms with Crippen LogP contribution in [0.15, 0.2) is 103 Å². The van der Waals surface area contributed by atoms with Gasteiger partial charge in [0.25, 0.3) is 5.92 Å². The number of alkyl halides is 2. The Kier molecular flexibility index (Phi) is 14.8. The quantitative estimate of drug-likeness (QED) is 0.0554. The highest BCUT2D eigenvalue weighted by atomic mass is 19.3. The van der Waals surface area contributed by atoms with Crippen LogP contribution in [0.2, 0.25) is 0 Å². The SMILES string of the molecule is COc1ccc(C(=O)O[C@H]2C[C@@H](OC(=O)c3ccc(OC)cc3)[C@H](C=CC(F)(F)COc3ccccc3)[C@H]2CC=CCCCC(=O)OC(C)C)cc1. The summed E-state index contributed by atoms with van der Waals surface area (Å²) >= 11 is 0. The third-order valence-electron chi connectivity index (χ3n) is 8.46. The van der Waals surface area contributed by atoms with Crippen LogP contribution in [0.4, 0.5) is 8.78 Å². The van der Waals surface area contributed by atoms with E-state index in [9.17, 15) is 14.4 Å². The number of para-hydroxylation sites is 1. The molecule has 1 fully saturated rings. The van der Waals surface area contributed by atoms with E-state index in [2.05, 4.69) is 0 Å². The molecule has 0 N–H and O–H groups in total. The van der Waals surface area contributed by atoms with Gasteiger partial charge in [-0.05, 0) is 99.8 Å². The molecule has 4 rings (SSSR count). The van der Waals surface area contributed by atoms with Gasteiger partial charge in [-0.15, -0.1) is 0 Å². The maximum atomic E-state index is 15.3. The Bertz CT molecular complexity index is 1640. The first-order chi connectivity index (χ1) is 25.0. The molecular formula is C41H46F2O9. The van der Waals surface area contributed by atoms with Crippen LogP contribution in [0.1, 0.15) is 66.7 Å². The summed E-state index contributed by atoms with van der Waals surface area (Å²) in [5.74, 6) is -4.82. The van der Waals surface area contributed by atoms with Crippen molar-refractivity contribution in [2.45, 2.75) is 70.2 Å². The summed E-state index contributed by atoms with van der Waals surface area (Å²) in [5.41, 5.74) is 0.523. The average Bonchev–Trinajstić information content (AvgIpc) is 3.45. The van der Waals surface area contributed by atoms with Gasteiger partial charge in [-0.2, -0.15) is 8.78 Å². The number of hydrogen-bond acceptors (Lipinski definition) is 9. The Balaban J connectivity index is 1.59. The molecule has 0 bridgehead atoms. The lowest BCUT2D eigenvalue weighted by Crippen LogP contribution is -2.28. The van der Waals surface area contributed by atoms with E-state index in [-0.39, 0.29) is 36.0 Å². The van der Waals surface area contributed by atoms with Crippen LogP contribution in [0.5, 0.6) is 17.2 Å². The molecule has 0 aromatic heterocycles. The van der Waals surface area contributed by atoms with E-state index in [1.165, 1.54) is 20.3 Å². The van der Waals surface area contributed by atoms with Crippen molar-refractivity contribution in [3.8, 4) is 17.2 Å². The first kappa shape index (κ1) is 39.6. The number of allylic oxidation sites excluding steroid dienone is 2. The molecule has 0 radical (unpaired) electrons. The molecule has 0 spiro atoms. The van der Waals surface area contributed by atoms with Crippen LogP contribution in [0, 0.1) is 11.8 Å². The van der Waals surface area contributed by atoms with Crippen LogP contribution in [0.3, 0.4) is 0 Å². The minimum absolute atomic E-state index is 0.0738. The van der Waals surface area contributed by atoms with Gasteiger partial charge in [-0.25, -0.2) is 9.59 Å². The molecule has 1 aliphatic carbocycles. The van der Waals surface area contributed by atoms with E-state index in [0.717, 1.165) is 6.08 Å². The highest BCUT2D eigenvalue weighted by Gasteiger charge is 2.46. The van der Waals surface area contributed by atoms with E-state index >= 15 is 8.78 Å². The molecule has 0 aliphatic heterocycles. The van der Waals surface area contributed by atoms with Crippen LogP contribution in [0.25, 0.3) is 0 Å². The van der Waals surface area contributed by atoms with Crippen molar-refractivity contribution >= 4 is 17.9 Å². The van der Waals surface area contributed by atoms with Gasteiger partial charge in [0, 0.05) is 24.7 Å². The summed E-state index contributed by atoms with van der Waals surface area (Å²) in [6, 6.07) is 21.0. The molecule has 4 atom stereocenters. The highest BCUT2D eigenvalue weighted by molar-refractivity contribution is 5.90. The van der Waals surface area contributed by atoms with Gasteiger partial charge in [0.1, 0.15) is 29.5 Å². The molecular weight excluding hydrogens is 674 g/mol. The van der Waals surface area contributed by atoms with Crippen molar-refractivity contribution in [1.82, 2.24) is 0 Å². The average molecular weight is 721 g/mol. The molecule has 0 heterocycles. The van der Waals surface area contributed by atoms with Crippen LogP contribution >= 0.6 is 0 Å². The number of unbranched alkanes of at least 4 members (excludes halogenated alkanes) is 1. The molecule has 0 unspecified atom stereocenters. The summed E-state index contributed by atoms with van der Waals surface area (Å²) in [5, 5.41) is 0. The number of ether oxygens (including phenoxy) is 6. The Labute approximate surface area is 303 Å². The monoisotopic (exact) mass is 720 g/mol. The predicted molar refractivity (Wildman–Crippen MR) is 191 cm³/mol. The standard InChI is InChI=1S/C41H46F2O9/c1-28(2)50-38(44)15-11-6-5-10-14-34-35(24-25-41(42,43)27-49-33-12-8-7-9-13-33)37(52-40(46)30-18-22-32(48-4)23-19-30)26-36(34)51-39(45)29-16-20-31(47-3)21-17-29/h5,7-10,12-13,16-25,28,34-37H,6,11,14-15,26-27H2,1-4H3/t34-,35-,36+,37-/m1/s1. The number of rotatable bonds is 18. The van der Waals surface area contributed by atoms with Gasteiger partial charge in [-0.3, -0.25) is 4.79 Å². The normalized spacial score (nSPS) is 18.8. The lowest BCUT2D eigenvalue weighted by molar-refractivity contribution is -0.147. The number of halogens is 2. The first-order valence-electron chi connectivity index (χ1n) is 17.3. The number of carbonyl (C=O) groups excluding carboxylic acids is 3. The molecule has 1 saturated carbocycles.